The van der Waals surface area contributed by atoms with E-state index in [1.54, 1.807) is 25.2 Å². The zero-order valence-electron chi connectivity index (χ0n) is 15.2. The molecule has 1 fully saturated rings. The predicted molar refractivity (Wildman–Crippen MR) is 112 cm³/mol. The van der Waals surface area contributed by atoms with Crippen molar-refractivity contribution in [2.24, 2.45) is 10.9 Å². The minimum Gasteiger partial charge on any atom is -0.352 e. The van der Waals surface area contributed by atoms with Gasteiger partial charge in [-0.3, -0.25) is 20.0 Å². The van der Waals surface area contributed by atoms with Gasteiger partial charge in [-0.15, -0.1) is 24.0 Å². The molecule has 0 saturated carbocycles. The highest BCUT2D eigenvalue weighted by Gasteiger charge is 2.31. The molecule has 1 saturated heterocycles. The van der Waals surface area contributed by atoms with Crippen molar-refractivity contribution in [2.45, 2.75) is 39.4 Å². The first-order chi connectivity index (χ1) is 11.4. The summed E-state index contributed by atoms with van der Waals surface area (Å²) in [5, 5.41) is 17.7. The van der Waals surface area contributed by atoms with Crippen molar-refractivity contribution in [3.8, 4) is 0 Å². The summed E-state index contributed by atoms with van der Waals surface area (Å²) >= 11 is 0. The first-order valence-electron chi connectivity index (χ1n) is 8.36. The Morgan fingerprint density at radius 3 is 2.64 bits per heavy atom. The van der Waals surface area contributed by atoms with Crippen LogP contribution >= 0.6 is 24.0 Å². The molecule has 1 aromatic carbocycles. The number of likely N-dealkylation sites (tertiary alicyclic amines) is 1. The summed E-state index contributed by atoms with van der Waals surface area (Å²) in [6.07, 6.45) is 0. The van der Waals surface area contributed by atoms with E-state index in [2.05, 4.69) is 41.3 Å². The van der Waals surface area contributed by atoms with Crippen LogP contribution in [0.1, 0.15) is 26.3 Å². The maximum absolute atomic E-state index is 11.1. The summed E-state index contributed by atoms with van der Waals surface area (Å²) in [6, 6.07) is 7.62. The van der Waals surface area contributed by atoms with Crippen LogP contribution in [0.25, 0.3) is 0 Å². The molecule has 0 amide bonds. The maximum atomic E-state index is 11.1. The SMILES string of the molecule is CN=C(NCc1ccccc1[N+](=O)[O-])NC1CN(C(C)C)CC1C.I. The quantitative estimate of drug-likeness (QED) is 0.232. The fourth-order valence-corrected chi connectivity index (χ4v) is 3.00. The fraction of sp³-hybridized carbons (Fsp3) is 0.588. The number of para-hydroxylation sites is 1. The number of hydrogen-bond acceptors (Lipinski definition) is 4. The molecule has 0 radical (unpaired) electrons. The smallest absolute Gasteiger partial charge is 0.274 e. The Morgan fingerprint density at radius 2 is 2.08 bits per heavy atom. The zero-order chi connectivity index (χ0) is 17.7. The van der Waals surface area contributed by atoms with Crippen molar-refractivity contribution < 1.29 is 4.92 Å². The van der Waals surface area contributed by atoms with Crippen LogP contribution in [0.3, 0.4) is 0 Å². The van der Waals surface area contributed by atoms with E-state index >= 15 is 0 Å². The van der Waals surface area contributed by atoms with Gasteiger partial charge in [-0.2, -0.15) is 0 Å². The maximum Gasteiger partial charge on any atom is 0.274 e. The molecule has 7 nitrogen and oxygen atoms in total. The molecule has 1 aromatic rings. The van der Waals surface area contributed by atoms with Gasteiger partial charge < -0.3 is 10.6 Å². The molecule has 1 heterocycles. The second-order valence-electron chi connectivity index (χ2n) is 6.59. The number of benzene rings is 1. The van der Waals surface area contributed by atoms with Gasteiger partial charge in [0.15, 0.2) is 5.96 Å². The van der Waals surface area contributed by atoms with Crippen LogP contribution < -0.4 is 10.6 Å². The minimum absolute atomic E-state index is 0. The number of aliphatic imine (C=N–C) groups is 1. The average molecular weight is 461 g/mol. The van der Waals surface area contributed by atoms with E-state index in [1.807, 2.05) is 0 Å². The van der Waals surface area contributed by atoms with Gasteiger partial charge in [0.1, 0.15) is 0 Å². The highest BCUT2D eigenvalue weighted by atomic mass is 127. The van der Waals surface area contributed by atoms with Gasteiger partial charge >= 0.3 is 0 Å². The summed E-state index contributed by atoms with van der Waals surface area (Å²) in [7, 11) is 1.72. The average Bonchev–Trinajstić information content (AvgIpc) is 2.92. The first-order valence-corrected chi connectivity index (χ1v) is 8.36. The summed E-state index contributed by atoms with van der Waals surface area (Å²) < 4.78 is 0. The summed E-state index contributed by atoms with van der Waals surface area (Å²) in [6.45, 7) is 9.05. The van der Waals surface area contributed by atoms with Gasteiger partial charge in [0, 0.05) is 50.4 Å². The Labute approximate surface area is 166 Å². The number of guanidine groups is 1. The molecule has 0 spiro atoms. The molecule has 1 aliphatic heterocycles. The minimum atomic E-state index is -0.354. The Morgan fingerprint density at radius 1 is 1.40 bits per heavy atom. The molecule has 0 aromatic heterocycles. The Kier molecular flexibility index (Phi) is 8.57. The summed E-state index contributed by atoms with van der Waals surface area (Å²) in [5.41, 5.74) is 0.773. The highest BCUT2D eigenvalue weighted by molar-refractivity contribution is 14.0. The monoisotopic (exact) mass is 461 g/mol. The molecule has 0 bridgehead atoms. The third-order valence-electron chi connectivity index (χ3n) is 4.55. The molecule has 2 unspecified atom stereocenters. The van der Waals surface area contributed by atoms with Gasteiger partial charge in [0.25, 0.3) is 5.69 Å². The van der Waals surface area contributed by atoms with Crippen molar-refractivity contribution in [1.82, 2.24) is 15.5 Å². The van der Waals surface area contributed by atoms with Crippen LogP contribution in [0.2, 0.25) is 0 Å². The van der Waals surface area contributed by atoms with E-state index in [1.165, 1.54) is 6.07 Å². The molecular formula is C17H28IN5O2. The van der Waals surface area contributed by atoms with Crippen LogP contribution in [0.15, 0.2) is 29.3 Å². The van der Waals surface area contributed by atoms with E-state index in [0.29, 0.717) is 36.1 Å². The van der Waals surface area contributed by atoms with Gasteiger partial charge in [0.05, 0.1) is 4.92 Å². The lowest BCUT2D eigenvalue weighted by Crippen LogP contribution is -2.46. The van der Waals surface area contributed by atoms with Gasteiger partial charge in [-0.1, -0.05) is 25.1 Å². The Balaban J connectivity index is 0.00000312. The number of rotatable bonds is 5. The molecule has 2 N–H and O–H groups in total. The van der Waals surface area contributed by atoms with Gasteiger partial charge in [0.2, 0.25) is 0 Å². The van der Waals surface area contributed by atoms with Crippen LogP contribution in [0.5, 0.6) is 0 Å². The van der Waals surface area contributed by atoms with E-state index in [0.717, 1.165) is 13.1 Å². The van der Waals surface area contributed by atoms with E-state index in [9.17, 15) is 10.1 Å². The lowest BCUT2D eigenvalue weighted by atomic mass is 10.1. The largest absolute Gasteiger partial charge is 0.352 e. The molecule has 2 rings (SSSR count). The first kappa shape index (κ1) is 21.6. The third-order valence-corrected chi connectivity index (χ3v) is 4.55. The van der Waals surface area contributed by atoms with E-state index < -0.39 is 0 Å². The van der Waals surface area contributed by atoms with Crippen molar-refractivity contribution in [1.29, 1.82) is 0 Å². The van der Waals surface area contributed by atoms with Gasteiger partial charge in [-0.25, -0.2) is 0 Å². The van der Waals surface area contributed by atoms with Crippen LogP contribution in [0.4, 0.5) is 5.69 Å². The molecule has 8 heteroatoms. The Hall–Kier alpha value is -1.42. The second-order valence-corrected chi connectivity index (χ2v) is 6.59. The van der Waals surface area contributed by atoms with Crippen molar-refractivity contribution in [3.63, 3.8) is 0 Å². The van der Waals surface area contributed by atoms with Crippen molar-refractivity contribution in [2.75, 3.05) is 20.1 Å². The summed E-state index contributed by atoms with van der Waals surface area (Å²) in [5.74, 6) is 1.20. The standard InChI is InChI=1S/C17H27N5O2.HI/c1-12(2)21-10-13(3)15(11-21)20-17(18-4)19-9-14-7-5-6-8-16(14)22(23)24;/h5-8,12-13,15H,9-11H2,1-4H3,(H2,18,19,20);1H. The summed E-state index contributed by atoms with van der Waals surface area (Å²) in [4.78, 5) is 17.4. The predicted octanol–water partition coefficient (Wildman–Crippen LogP) is 2.61. The highest BCUT2D eigenvalue weighted by Crippen LogP contribution is 2.19. The Bertz CT molecular complexity index is 608. The number of nitro groups is 1. The van der Waals surface area contributed by atoms with Crippen LogP contribution in [-0.2, 0) is 6.54 Å². The van der Waals surface area contributed by atoms with Gasteiger partial charge in [-0.05, 0) is 19.8 Å². The number of halogens is 1. The number of nitrogens with zero attached hydrogens (tertiary/aromatic N) is 3. The molecule has 140 valence electrons. The molecule has 0 aliphatic carbocycles. The molecule has 1 aliphatic rings. The molecule has 2 atom stereocenters. The normalized spacial score (nSPS) is 21.1. The third kappa shape index (κ3) is 5.81. The lowest BCUT2D eigenvalue weighted by Gasteiger charge is -2.22. The topological polar surface area (TPSA) is 82.8 Å². The zero-order valence-corrected chi connectivity index (χ0v) is 17.6. The number of hydrogen-bond donors (Lipinski definition) is 2. The number of nitro benzene ring substituents is 1. The van der Waals surface area contributed by atoms with Crippen LogP contribution in [-0.4, -0.2) is 48.0 Å². The lowest BCUT2D eigenvalue weighted by molar-refractivity contribution is -0.385. The van der Waals surface area contributed by atoms with Crippen molar-refractivity contribution in [3.05, 3.63) is 39.9 Å². The molecule has 25 heavy (non-hydrogen) atoms. The number of nitrogens with one attached hydrogen (secondary N) is 2. The van der Waals surface area contributed by atoms with Crippen molar-refractivity contribution >= 4 is 35.6 Å². The van der Waals surface area contributed by atoms with Crippen LogP contribution in [0, 0.1) is 16.0 Å². The van der Waals surface area contributed by atoms with E-state index in [-0.39, 0.29) is 34.6 Å². The second kappa shape index (κ2) is 9.91. The van der Waals surface area contributed by atoms with E-state index in [4.69, 9.17) is 0 Å². The fourth-order valence-electron chi connectivity index (χ4n) is 3.00. The molecular weight excluding hydrogens is 433 g/mol.